The van der Waals surface area contributed by atoms with Crippen molar-refractivity contribution in [2.75, 3.05) is 5.88 Å². The second kappa shape index (κ2) is 7.15. The molecule has 0 spiro atoms. The van der Waals surface area contributed by atoms with Crippen LogP contribution in [0.5, 0.6) is 5.75 Å². The first kappa shape index (κ1) is 15.4. The molecule has 2 aromatic carbocycles. The molecule has 0 N–H and O–H groups in total. The maximum absolute atomic E-state index is 13.2. The minimum atomic E-state index is -0.248. The average molecular weight is 303 g/mol. The van der Waals surface area contributed by atoms with Gasteiger partial charge in [-0.15, -0.1) is 11.6 Å². The molecule has 0 saturated carbocycles. The Morgan fingerprint density at radius 1 is 1.10 bits per heavy atom. The average Bonchev–Trinajstić information content (AvgIpc) is 2.47. The zero-order valence-corrected chi connectivity index (χ0v) is 12.8. The summed E-state index contributed by atoms with van der Waals surface area (Å²) in [7, 11) is 0. The topological polar surface area (TPSA) is 9.23 Å². The van der Waals surface area contributed by atoms with E-state index in [2.05, 4.69) is 11.8 Å². The van der Waals surface area contributed by atoms with Crippen LogP contribution in [0.25, 0.3) is 0 Å². The number of halogens is 2. The van der Waals surface area contributed by atoms with Crippen LogP contribution in [-0.4, -0.2) is 5.88 Å². The van der Waals surface area contributed by atoms with Gasteiger partial charge in [-0.05, 0) is 60.9 Å². The fourth-order valence-corrected chi connectivity index (χ4v) is 2.02. The van der Waals surface area contributed by atoms with E-state index in [-0.39, 0.29) is 5.82 Å². The molecule has 2 aromatic rings. The predicted molar refractivity (Wildman–Crippen MR) is 84.2 cm³/mol. The van der Waals surface area contributed by atoms with Gasteiger partial charge in [0.2, 0.25) is 0 Å². The van der Waals surface area contributed by atoms with Crippen molar-refractivity contribution < 1.29 is 9.13 Å². The highest BCUT2D eigenvalue weighted by molar-refractivity contribution is 6.19. The molecule has 0 amide bonds. The van der Waals surface area contributed by atoms with Crippen LogP contribution >= 0.6 is 11.6 Å². The van der Waals surface area contributed by atoms with Gasteiger partial charge in [-0.1, -0.05) is 17.9 Å². The molecule has 0 aromatic heterocycles. The van der Waals surface area contributed by atoms with Crippen LogP contribution in [0.2, 0.25) is 0 Å². The van der Waals surface area contributed by atoms with Gasteiger partial charge < -0.3 is 4.74 Å². The summed E-state index contributed by atoms with van der Waals surface area (Å²) < 4.78 is 19.0. The molecule has 0 heterocycles. The summed E-state index contributed by atoms with van der Waals surface area (Å²) in [6, 6.07) is 10.4. The van der Waals surface area contributed by atoms with Crippen molar-refractivity contribution in [3.63, 3.8) is 0 Å². The van der Waals surface area contributed by atoms with E-state index in [1.165, 1.54) is 12.1 Å². The molecule has 0 aliphatic rings. The molecule has 108 valence electrons. The predicted octanol–water partition coefficient (Wildman–Crippen LogP) is 4.61. The summed E-state index contributed by atoms with van der Waals surface area (Å²) in [5.41, 5.74) is 3.82. The maximum Gasteiger partial charge on any atom is 0.123 e. The molecule has 21 heavy (non-hydrogen) atoms. The Bertz CT molecular complexity index is 698. The van der Waals surface area contributed by atoms with Crippen LogP contribution in [0.3, 0.4) is 0 Å². The number of benzene rings is 2. The van der Waals surface area contributed by atoms with E-state index < -0.39 is 0 Å². The maximum atomic E-state index is 13.2. The van der Waals surface area contributed by atoms with Crippen molar-refractivity contribution in [2.45, 2.75) is 20.5 Å². The van der Waals surface area contributed by atoms with Crippen molar-refractivity contribution in [1.82, 2.24) is 0 Å². The van der Waals surface area contributed by atoms with Gasteiger partial charge in [0.15, 0.2) is 0 Å². The third kappa shape index (κ3) is 4.24. The molecule has 0 radical (unpaired) electrons. The normalized spacial score (nSPS) is 9.90. The molecule has 0 fully saturated rings. The van der Waals surface area contributed by atoms with Crippen LogP contribution < -0.4 is 4.74 Å². The van der Waals surface area contributed by atoms with Crippen molar-refractivity contribution in [3.8, 4) is 17.6 Å². The van der Waals surface area contributed by atoms with E-state index in [4.69, 9.17) is 16.3 Å². The van der Waals surface area contributed by atoms with Gasteiger partial charge in [-0.2, -0.15) is 0 Å². The Labute approximate surface area is 129 Å². The lowest BCUT2D eigenvalue weighted by Gasteiger charge is -2.10. The summed E-state index contributed by atoms with van der Waals surface area (Å²) in [4.78, 5) is 0. The second-order valence-electron chi connectivity index (χ2n) is 4.77. The van der Waals surface area contributed by atoms with Crippen LogP contribution in [0, 0.1) is 31.5 Å². The van der Waals surface area contributed by atoms with E-state index in [0.717, 1.165) is 28.0 Å². The van der Waals surface area contributed by atoms with Gasteiger partial charge in [0, 0.05) is 5.56 Å². The van der Waals surface area contributed by atoms with Gasteiger partial charge in [0.05, 0.1) is 5.88 Å². The standard InChI is InChI=1S/C18H16ClFO/c1-13-5-7-17(20)11-16(13)12-21-18-8-6-15(4-3-9-19)14(2)10-18/h5-8,10-11H,9,12H2,1-2H3. The third-order valence-corrected chi connectivity index (χ3v) is 3.33. The minimum Gasteiger partial charge on any atom is -0.489 e. The molecule has 0 aliphatic carbocycles. The van der Waals surface area contributed by atoms with Crippen molar-refractivity contribution in [1.29, 1.82) is 0 Å². The van der Waals surface area contributed by atoms with E-state index in [0.29, 0.717) is 12.5 Å². The smallest absolute Gasteiger partial charge is 0.123 e. The van der Waals surface area contributed by atoms with E-state index in [9.17, 15) is 4.39 Å². The number of alkyl halides is 1. The lowest BCUT2D eigenvalue weighted by atomic mass is 10.1. The van der Waals surface area contributed by atoms with E-state index in [1.807, 2.05) is 32.0 Å². The number of hydrogen-bond acceptors (Lipinski definition) is 1. The summed E-state index contributed by atoms with van der Waals surface area (Å²) in [5.74, 6) is 6.63. The van der Waals surface area contributed by atoms with Crippen LogP contribution in [0.1, 0.15) is 22.3 Å². The summed E-state index contributed by atoms with van der Waals surface area (Å²) in [6.45, 7) is 4.25. The highest BCUT2D eigenvalue weighted by Gasteiger charge is 2.03. The molecular formula is C18H16ClFO. The second-order valence-corrected chi connectivity index (χ2v) is 5.04. The Morgan fingerprint density at radius 3 is 2.62 bits per heavy atom. The fourth-order valence-electron chi connectivity index (χ4n) is 1.95. The number of ether oxygens (including phenoxy) is 1. The molecule has 3 heteroatoms. The summed E-state index contributed by atoms with van der Waals surface area (Å²) in [6.07, 6.45) is 0. The van der Waals surface area contributed by atoms with E-state index >= 15 is 0 Å². The third-order valence-electron chi connectivity index (χ3n) is 3.19. The van der Waals surface area contributed by atoms with Crippen molar-refractivity contribution in [2.24, 2.45) is 0 Å². The van der Waals surface area contributed by atoms with Crippen molar-refractivity contribution in [3.05, 3.63) is 64.5 Å². The number of rotatable bonds is 3. The summed E-state index contributed by atoms with van der Waals surface area (Å²) >= 11 is 5.55. The lowest BCUT2D eigenvalue weighted by molar-refractivity contribution is 0.304. The van der Waals surface area contributed by atoms with Gasteiger partial charge in [-0.25, -0.2) is 4.39 Å². The first-order valence-corrected chi connectivity index (χ1v) is 7.17. The Kier molecular flexibility index (Phi) is 5.25. The molecule has 0 aliphatic heterocycles. The molecular weight excluding hydrogens is 287 g/mol. The van der Waals surface area contributed by atoms with Gasteiger partial charge in [0.1, 0.15) is 18.2 Å². The zero-order valence-electron chi connectivity index (χ0n) is 12.0. The Morgan fingerprint density at radius 2 is 1.90 bits per heavy atom. The largest absolute Gasteiger partial charge is 0.489 e. The molecule has 0 atom stereocenters. The van der Waals surface area contributed by atoms with Gasteiger partial charge in [-0.3, -0.25) is 0 Å². The first-order valence-electron chi connectivity index (χ1n) is 6.63. The van der Waals surface area contributed by atoms with Crippen LogP contribution in [-0.2, 0) is 6.61 Å². The van der Waals surface area contributed by atoms with E-state index in [1.54, 1.807) is 6.07 Å². The van der Waals surface area contributed by atoms with Crippen molar-refractivity contribution >= 4 is 11.6 Å². The molecule has 2 rings (SSSR count). The lowest BCUT2D eigenvalue weighted by Crippen LogP contribution is -1.99. The van der Waals surface area contributed by atoms with Crippen LogP contribution in [0.4, 0.5) is 4.39 Å². The Hall–Kier alpha value is -1.98. The number of aryl methyl sites for hydroxylation is 2. The SMILES string of the molecule is Cc1cc(OCc2cc(F)ccc2C)ccc1C#CCCl. The highest BCUT2D eigenvalue weighted by atomic mass is 35.5. The molecule has 0 bridgehead atoms. The molecule has 0 unspecified atom stereocenters. The highest BCUT2D eigenvalue weighted by Crippen LogP contribution is 2.19. The zero-order chi connectivity index (χ0) is 15.2. The monoisotopic (exact) mass is 302 g/mol. The van der Waals surface area contributed by atoms with Gasteiger partial charge >= 0.3 is 0 Å². The molecule has 1 nitrogen and oxygen atoms in total. The minimum absolute atomic E-state index is 0.248. The number of hydrogen-bond donors (Lipinski definition) is 0. The van der Waals surface area contributed by atoms with Gasteiger partial charge in [0.25, 0.3) is 0 Å². The Balaban J connectivity index is 2.10. The quantitative estimate of drug-likeness (QED) is 0.594. The van der Waals surface area contributed by atoms with Crippen LogP contribution in [0.15, 0.2) is 36.4 Å². The fraction of sp³-hybridized carbons (Fsp3) is 0.222. The molecule has 0 saturated heterocycles. The first-order chi connectivity index (χ1) is 10.1. The summed E-state index contributed by atoms with van der Waals surface area (Å²) in [5, 5.41) is 0.